The Morgan fingerprint density at radius 3 is 2.88 bits per heavy atom. The van der Waals surface area contributed by atoms with Crippen LogP contribution in [0.25, 0.3) is 10.2 Å². The van der Waals surface area contributed by atoms with Crippen molar-refractivity contribution in [3.05, 3.63) is 29.3 Å². The number of alkyl halides is 2. The summed E-state index contributed by atoms with van der Waals surface area (Å²) in [7, 11) is 0. The Bertz CT molecular complexity index is 588. The molecule has 0 saturated carbocycles. The second-order valence-corrected chi connectivity index (χ2v) is 4.94. The van der Waals surface area contributed by atoms with Crippen LogP contribution in [-0.4, -0.2) is 34.8 Å². The van der Waals surface area contributed by atoms with Crippen LogP contribution < -0.4 is 0 Å². The lowest BCUT2D eigenvalue weighted by atomic mass is 10.1. The Morgan fingerprint density at radius 2 is 2.18 bits per heavy atom. The summed E-state index contributed by atoms with van der Waals surface area (Å²) in [6.45, 7) is -0.959. The van der Waals surface area contributed by atoms with E-state index in [9.17, 15) is 13.6 Å². The van der Waals surface area contributed by atoms with E-state index in [1.807, 2.05) is 0 Å². The summed E-state index contributed by atoms with van der Waals surface area (Å²) in [6, 6.07) is 5.06. The van der Waals surface area contributed by atoms with Crippen LogP contribution in [0.5, 0.6) is 0 Å². The fraction of sp³-hybridized carbons (Fsp3) is 0.273. The van der Waals surface area contributed by atoms with Crippen molar-refractivity contribution >= 4 is 27.5 Å². The molecule has 6 heteroatoms. The highest BCUT2D eigenvalue weighted by Crippen LogP contribution is 2.29. The largest absolute Gasteiger partial charge is 0.326 e. The number of fused-ring (bicyclic) bond motifs is 1. The number of hydrogen-bond donors (Lipinski definition) is 0. The topological polar surface area (TPSA) is 33.2 Å². The number of rotatable bonds is 1. The molecule has 1 saturated heterocycles. The lowest BCUT2D eigenvalue weighted by Crippen LogP contribution is -2.58. The van der Waals surface area contributed by atoms with Gasteiger partial charge in [-0.3, -0.25) is 4.79 Å². The third-order valence-electron chi connectivity index (χ3n) is 2.71. The van der Waals surface area contributed by atoms with Gasteiger partial charge in [0.2, 0.25) is 0 Å². The predicted molar refractivity (Wildman–Crippen MR) is 60.5 cm³/mol. The molecule has 3 rings (SSSR count). The van der Waals surface area contributed by atoms with Crippen molar-refractivity contribution in [3.8, 4) is 0 Å². The first-order chi connectivity index (χ1) is 8.05. The average molecular weight is 254 g/mol. The minimum Gasteiger partial charge on any atom is -0.326 e. The van der Waals surface area contributed by atoms with Gasteiger partial charge in [0, 0.05) is 5.56 Å². The maximum absolute atomic E-state index is 12.7. The molecule has 2 heterocycles. The third kappa shape index (κ3) is 1.78. The highest BCUT2D eigenvalue weighted by atomic mass is 32.1. The second kappa shape index (κ2) is 3.46. The molecule has 1 amide bonds. The van der Waals surface area contributed by atoms with Crippen molar-refractivity contribution in [3.63, 3.8) is 0 Å². The molecular formula is C11H8F2N2OS. The normalized spacial score (nSPS) is 18.1. The molecule has 1 aromatic heterocycles. The van der Waals surface area contributed by atoms with E-state index in [1.165, 1.54) is 11.3 Å². The van der Waals surface area contributed by atoms with Crippen LogP contribution in [0.2, 0.25) is 0 Å². The molecular weight excluding hydrogens is 246 g/mol. The molecule has 0 N–H and O–H groups in total. The van der Waals surface area contributed by atoms with Crippen molar-refractivity contribution < 1.29 is 13.6 Å². The molecule has 0 bridgehead atoms. The van der Waals surface area contributed by atoms with Gasteiger partial charge in [0.1, 0.15) is 0 Å². The Morgan fingerprint density at radius 1 is 1.41 bits per heavy atom. The number of carbonyl (C=O) groups excluding carboxylic acids is 1. The minimum absolute atomic E-state index is 0.341. The van der Waals surface area contributed by atoms with Crippen LogP contribution in [-0.2, 0) is 0 Å². The first-order valence-electron chi connectivity index (χ1n) is 5.05. The van der Waals surface area contributed by atoms with Crippen LogP contribution >= 0.6 is 11.3 Å². The summed E-state index contributed by atoms with van der Waals surface area (Å²) >= 11 is 1.43. The summed E-state index contributed by atoms with van der Waals surface area (Å²) in [5.74, 6) is -3.06. The maximum atomic E-state index is 12.7. The number of nitrogens with zero attached hydrogens (tertiary/aromatic N) is 2. The first-order valence-corrected chi connectivity index (χ1v) is 5.93. The van der Waals surface area contributed by atoms with Gasteiger partial charge in [-0.25, -0.2) is 13.8 Å². The molecule has 1 fully saturated rings. The van der Waals surface area contributed by atoms with E-state index in [-0.39, 0.29) is 5.91 Å². The number of amides is 1. The maximum Gasteiger partial charge on any atom is 0.282 e. The molecule has 1 aliphatic rings. The standard InChI is InChI=1S/C11H8F2N2OS/c12-11(13)4-15(5-11)10(16)7-1-2-8-9(3-7)17-6-14-8/h1-3,6H,4-5H2. The molecule has 0 spiro atoms. The predicted octanol–water partition coefficient (Wildman–Crippen LogP) is 2.39. The Hall–Kier alpha value is -1.56. The number of halogens is 2. The zero-order chi connectivity index (χ0) is 12.0. The van der Waals surface area contributed by atoms with Crippen molar-refractivity contribution in [2.24, 2.45) is 0 Å². The molecule has 17 heavy (non-hydrogen) atoms. The molecule has 0 atom stereocenters. The number of hydrogen-bond acceptors (Lipinski definition) is 3. The Labute approximate surface area is 99.7 Å². The van der Waals surface area contributed by atoms with E-state index in [4.69, 9.17) is 0 Å². The highest BCUT2D eigenvalue weighted by Gasteiger charge is 2.46. The Balaban J connectivity index is 1.86. The van der Waals surface area contributed by atoms with Gasteiger partial charge < -0.3 is 4.90 Å². The van der Waals surface area contributed by atoms with E-state index in [0.29, 0.717) is 5.56 Å². The van der Waals surface area contributed by atoms with Crippen LogP contribution in [0.3, 0.4) is 0 Å². The molecule has 2 aromatic rings. The van der Waals surface area contributed by atoms with Gasteiger partial charge >= 0.3 is 0 Å². The number of thiazole rings is 1. The number of aromatic nitrogens is 1. The van der Waals surface area contributed by atoms with Gasteiger partial charge in [0.05, 0.1) is 28.8 Å². The number of likely N-dealkylation sites (tertiary alicyclic amines) is 1. The zero-order valence-electron chi connectivity index (χ0n) is 8.69. The van der Waals surface area contributed by atoms with Crippen molar-refractivity contribution in [1.82, 2.24) is 9.88 Å². The quantitative estimate of drug-likeness (QED) is 0.782. The molecule has 0 radical (unpaired) electrons. The summed E-state index contributed by atoms with van der Waals surface area (Å²) in [6.07, 6.45) is 0. The smallest absolute Gasteiger partial charge is 0.282 e. The van der Waals surface area contributed by atoms with Crippen molar-refractivity contribution in [2.75, 3.05) is 13.1 Å². The van der Waals surface area contributed by atoms with Crippen molar-refractivity contribution in [2.45, 2.75) is 5.92 Å². The van der Waals surface area contributed by atoms with Gasteiger partial charge in [0.15, 0.2) is 0 Å². The first kappa shape index (κ1) is 10.6. The van der Waals surface area contributed by atoms with Crippen LogP contribution in [0.1, 0.15) is 10.4 Å². The van der Waals surface area contributed by atoms with Gasteiger partial charge in [-0.2, -0.15) is 0 Å². The van der Waals surface area contributed by atoms with E-state index in [1.54, 1.807) is 23.7 Å². The van der Waals surface area contributed by atoms with Crippen LogP contribution in [0.4, 0.5) is 8.78 Å². The lowest BCUT2D eigenvalue weighted by molar-refractivity contribution is -0.113. The minimum atomic E-state index is -2.72. The molecule has 88 valence electrons. The molecule has 3 nitrogen and oxygen atoms in total. The van der Waals surface area contributed by atoms with Crippen LogP contribution in [0.15, 0.2) is 23.7 Å². The average Bonchev–Trinajstić information content (AvgIpc) is 2.71. The monoisotopic (exact) mass is 254 g/mol. The van der Waals surface area contributed by atoms with E-state index < -0.39 is 19.0 Å². The summed E-state index contributed by atoms with van der Waals surface area (Å²) in [5, 5.41) is 0. The highest BCUT2D eigenvalue weighted by molar-refractivity contribution is 7.16. The zero-order valence-corrected chi connectivity index (χ0v) is 9.51. The molecule has 1 aliphatic heterocycles. The van der Waals surface area contributed by atoms with Crippen LogP contribution in [0, 0.1) is 0 Å². The molecule has 0 unspecified atom stereocenters. The third-order valence-corrected chi connectivity index (χ3v) is 3.50. The number of benzene rings is 1. The van der Waals surface area contributed by atoms with Gasteiger partial charge in [-0.05, 0) is 18.2 Å². The van der Waals surface area contributed by atoms with Gasteiger partial charge in [0.25, 0.3) is 11.8 Å². The van der Waals surface area contributed by atoms with E-state index in [0.717, 1.165) is 15.1 Å². The molecule has 0 aliphatic carbocycles. The summed E-state index contributed by atoms with van der Waals surface area (Å²) < 4.78 is 26.2. The van der Waals surface area contributed by atoms with E-state index in [2.05, 4.69) is 4.98 Å². The SMILES string of the molecule is O=C(c1ccc2ncsc2c1)N1CC(F)(F)C1. The second-order valence-electron chi connectivity index (χ2n) is 4.05. The lowest BCUT2D eigenvalue weighted by Gasteiger charge is -2.38. The van der Waals surface area contributed by atoms with Gasteiger partial charge in [-0.1, -0.05) is 0 Å². The summed E-state index contributed by atoms with van der Waals surface area (Å²) in [4.78, 5) is 17.1. The van der Waals surface area contributed by atoms with E-state index >= 15 is 0 Å². The summed E-state index contributed by atoms with van der Waals surface area (Å²) in [5.41, 5.74) is 2.95. The van der Waals surface area contributed by atoms with Crippen molar-refractivity contribution in [1.29, 1.82) is 0 Å². The molecule has 1 aromatic carbocycles. The fourth-order valence-corrected chi connectivity index (χ4v) is 2.54. The number of carbonyl (C=O) groups is 1. The Kier molecular flexibility index (Phi) is 2.16. The van der Waals surface area contributed by atoms with Gasteiger partial charge in [-0.15, -0.1) is 11.3 Å². The fourth-order valence-electron chi connectivity index (χ4n) is 1.83.